The van der Waals surface area contributed by atoms with Crippen molar-refractivity contribution in [3.63, 3.8) is 0 Å². The maximum atomic E-state index is 12.9. The fourth-order valence-corrected chi connectivity index (χ4v) is 1.71. The molecule has 0 atom stereocenters. The molecule has 0 saturated carbocycles. The molecule has 1 N–H and O–H groups in total. The van der Waals surface area contributed by atoms with E-state index in [1.807, 2.05) is 0 Å². The Hall–Kier alpha value is -1.62. The van der Waals surface area contributed by atoms with Gasteiger partial charge in [0.25, 0.3) is 0 Å². The van der Waals surface area contributed by atoms with Gasteiger partial charge in [-0.2, -0.15) is 0 Å². The highest BCUT2D eigenvalue weighted by Crippen LogP contribution is 2.06. The van der Waals surface area contributed by atoms with Crippen LogP contribution in [0.3, 0.4) is 0 Å². The minimum Gasteiger partial charge on any atom is -0.445 e. The zero-order valence-corrected chi connectivity index (χ0v) is 9.49. The SMILES string of the molecule is O=C(OCc1cccc(F)c1)N1CCNCC1. The lowest BCUT2D eigenvalue weighted by Crippen LogP contribution is -2.46. The number of hydrogen-bond acceptors (Lipinski definition) is 3. The molecule has 1 fully saturated rings. The molecule has 1 aromatic rings. The molecule has 0 radical (unpaired) electrons. The minimum atomic E-state index is -0.337. The third-order valence-electron chi connectivity index (χ3n) is 2.63. The Morgan fingerprint density at radius 3 is 2.88 bits per heavy atom. The van der Waals surface area contributed by atoms with Gasteiger partial charge in [0, 0.05) is 26.2 Å². The van der Waals surface area contributed by atoms with E-state index in [0.717, 1.165) is 13.1 Å². The van der Waals surface area contributed by atoms with Crippen LogP contribution < -0.4 is 5.32 Å². The molecule has 1 amide bonds. The fourth-order valence-electron chi connectivity index (χ4n) is 1.71. The molecule has 17 heavy (non-hydrogen) atoms. The van der Waals surface area contributed by atoms with Crippen LogP contribution in [0.4, 0.5) is 9.18 Å². The van der Waals surface area contributed by atoms with E-state index in [0.29, 0.717) is 18.7 Å². The molecule has 1 aromatic carbocycles. The topological polar surface area (TPSA) is 41.6 Å². The number of nitrogens with zero attached hydrogens (tertiary/aromatic N) is 1. The highest BCUT2D eigenvalue weighted by molar-refractivity contribution is 5.67. The van der Waals surface area contributed by atoms with E-state index in [1.165, 1.54) is 12.1 Å². The molecule has 1 saturated heterocycles. The maximum Gasteiger partial charge on any atom is 0.410 e. The predicted molar refractivity (Wildman–Crippen MR) is 61.0 cm³/mol. The second kappa shape index (κ2) is 5.63. The summed E-state index contributed by atoms with van der Waals surface area (Å²) in [6.45, 7) is 2.99. The lowest BCUT2D eigenvalue weighted by Gasteiger charge is -2.26. The van der Waals surface area contributed by atoms with Crippen molar-refractivity contribution in [2.24, 2.45) is 0 Å². The van der Waals surface area contributed by atoms with Crippen LogP contribution in [0.1, 0.15) is 5.56 Å². The average Bonchev–Trinajstić information content (AvgIpc) is 2.37. The zero-order valence-electron chi connectivity index (χ0n) is 9.49. The molecule has 2 rings (SSSR count). The molecular formula is C12H15FN2O2. The van der Waals surface area contributed by atoms with Crippen LogP contribution in [-0.2, 0) is 11.3 Å². The van der Waals surface area contributed by atoms with E-state index < -0.39 is 0 Å². The van der Waals surface area contributed by atoms with Crippen molar-refractivity contribution in [3.8, 4) is 0 Å². The first-order valence-corrected chi connectivity index (χ1v) is 5.62. The van der Waals surface area contributed by atoms with Crippen LogP contribution in [0.25, 0.3) is 0 Å². The van der Waals surface area contributed by atoms with Gasteiger partial charge in [0.1, 0.15) is 12.4 Å². The highest BCUT2D eigenvalue weighted by Gasteiger charge is 2.17. The lowest BCUT2D eigenvalue weighted by molar-refractivity contribution is 0.0917. The Bertz CT molecular complexity index is 392. The minimum absolute atomic E-state index is 0.112. The second-order valence-electron chi connectivity index (χ2n) is 3.92. The zero-order chi connectivity index (χ0) is 12.1. The standard InChI is InChI=1S/C12H15FN2O2/c13-11-3-1-2-10(8-11)9-17-12(16)15-6-4-14-5-7-15/h1-3,8,14H,4-7,9H2. The molecule has 0 aliphatic carbocycles. The van der Waals surface area contributed by atoms with Gasteiger partial charge in [-0.25, -0.2) is 9.18 Å². The number of hydrogen-bond donors (Lipinski definition) is 1. The molecule has 5 heteroatoms. The van der Waals surface area contributed by atoms with E-state index >= 15 is 0 Å². The number of halogens is 1. The predicted octanol–water partition coefficient (Wildman–Crippen LogP) is 1.37. The summed E-state index contributed by atoms with van der Waals surface area (Å²) in [5, 5.41) is 3.15. The van der Waals surface area contributed by atoms with Gasteiger partial charge in [0.15, 0.2) is 0 Å². The Balaban J connectivity index is 1.83. The number of carbonyl (C=O) groups is 1. The highest BCUT2D eigenvalue weighted by atomic mass is 19.1. The number of carbonyl (C=O) groups excluding carboxylic acids is 1. The van der Waals surface area contributed by atoms with Crippen LogP contribution in [-0.4, -0.2) is 37.2 Å². The maximum absolute atomic E-state index is 12.9. The fraction of sp³-hybridized carbons (Fsp3) is 0.417. The molecule has 0 spiro atoms. The number of piperazine rings is 1. The quantitative estimate of drug-likeness (QED) is 0.846. The van der Waals surface area contributed by atoms with Crippen LogP contribution in [0.2, 0.25) is 0 Å². The molecule has 1 heterocycles. The third kappa shape index (κ3) is 3.42. The largest absolute Gasteiger partial charge is 0.445 e. The first kappa shape index (κ1) is 11.9. The molecule has 0 aromatic heterocycles. The smallest absolute Gasteiger partial charge is 0.410 e. The number of benzene rings is 1. The van der Waals surface area contributed by atoms with E-state index in [-0.39, 0.29) is 18.5 Å². The molecule has 1 aliphatic heterocycles. The van der Waals surface area contributed by atoms with Gasteiger partial charge in [-0.15, -0.1) is 0 Å². The number of nitrogens with one attached hydrogen (secondary N) is 1. The molecule has 1 aliphatic rings. The molecule has 0 unspecified atom stereocenters. The Kier molecular flexibility index (Phi) is 3.93. The van der Waals surface area contributed by atoms with Gasteiger partial charge in [-0.3, -0.25) is 0 Å². The third-order valence-corrected chi connectivity index (χ3v) is 2.63. The van der Waals surface area contributed by atoms with Crippen LogP contribution >= 0.6 is 0 Å². The van der Waals surface area contributed by atoms with Crippen LogP contribution in [0.15, 0.2) is 24.3 Å². The van der Waals surface area contributed by atoms with Gasteiger partial charge in [-0.1, -0.05) is 12.1 Å². The van der Waals surface area contributed by atoms with Gasteiger partial charge in [0.2, 0.25) is 0 Å². The van der Waals surface area contributed by atoms with Crippen molar-refractivity contribution in [1.29, 1.82) is 0 Å². The summed E-state index contributed by atoms with van der Waals surface area (Å²) in [7, 11) is 0. The summed E-state index contributed by atoms with van der Waals surface area (Å²) in [6.07, 6.45) is -0.337. The summed E-state index contributed by atoms with van der Waals surface area (Å²) < 4.78 is 18.0. The monoisotopic (exact) mass is 238 g/mol. The number of ether oxygens (including phenoxy) is 1. The van der Waals surface area contributed by atoms with Crippen LogP contribution in [0.5, 0.6) is 0 Å². The summed E-state index contributed by atoms with van der Waals surface area (Å²) in [4.78, 5) is 13.3. The molecular weight excluding hydrogens is 223 g/mol. The summed E-state index contributed by atoms with van der Waals surface area (Å²) >= 11 is 0. The molecule has 4 nitrogen and oxygen atoms in total. The van der Waals surface area contributed by atoms with E-state index in [9.17, 15) is 9.18 Å². The van der Waals surface area contributed by atoms with Gasteiger partial charge in [-0.05, 0) is 17.7 Å². The van der Waals surface area contributed by atoms with Crippen molar-refractivity contribution in [2.45, 2.75) is 6.61 Å². The van der Waals surface area contributed by atoms with Crippen molar-refractivity contribution in [1.82, 2.24) is 10.2 Å². The first-order chi connectivity index (χ1) is 8.25. The molecule has 0 bridgehead atoms. The van der Waals surface area contributed by atoms with Crippen LogP contribution in [0, 0.1) is 5.82 Å². The Labute approximate surface area is 99.4 Å². The Morgan fingerprint density at radius 2 is 2.18 bits per heavy atom. The average molecular weight is 238 g/mol. The Morgan fingerprint density at radius 1 is 1.41 bits per heavy atom. The lowest BCUT2D eigenvalue weighted by atomic mass is 10.2. The van der Waals surface area contributed by atoms with E-state index in [1.54, 1.807) is 17.0 Å². The van der Waals surface area contributed by atoms with Crippen molar-refractivity contribution < 1.29 is 13.9 Å². The summed E-state index contributed by atoms with van der Waals surface area (Å²) in [5.41, 5.74) is 0.661. The summed E-state index contributed by atoms with van der Waals surface area (Å²) in [6, 6.07) is 6.06. The van der Waals surface area contributed by atoms with Crippen molar-refractivity contribution in [2.75, 3.05) is 26.2 Å². The van der Waals surface area contributed by atoms with Crippen molar-refractivity contribution in [3.05, 3.63) is 35.6 Å². The number of amides is 1. The number of rotatable bonds is 2. The molecule has 92 valence electrons. The van der Waals surface area contributed by atoms with Gasteiger partial charge < -0.3 is 15.0 Å². The van der Waals surface area contributed by atoms with Gasteiger partial charge in [0.05, 0.1) is 0 Å². The normalized spacial score (nSPS) is 15.7. The second-order valence-corrected chi connectivity index (χ2v) is 3.92. The van der Waals surface area contributed by atoms with E-state index in [4.69, 9.17) is 4.74 Å². The van der Waals surface area contributed by atoms with Crippen molar-refractivity contribution >= 4 is 6.09 Å². The summed E-state index contributed by atoms with van der Waals surface area (Å²) in [5.74, 6) is -0.319. The van der Waals surface area contributed by atoms with Gasteiger partial charge >= 0.3 is 6.09 Å². The van der Waals surface area contributed by atoms with E-state index in [2.05, 4.69) is 5.32 Å². The first-order valence-electron chi connectivity index (χ1n) is 5.62.